The second-order valence-corrected chi connectivity index (χ2v) is 5.25. The number of aromatic nitrogens is 1. The van der Waals surface area contributed by atoms with Crippen molar-refractivity contribution in [3.8, 4) is 0 Å². The number of pyridine rings is 1. The van der Waals surface area contributed by atoms with Gasteiger partial charge in [0, 0.05) is 11.1 Å². The van der Waals surface area contributed by atoms with Crippen molar-refractivity contribution in [2.45, 2.75) is 39.3 Å². The smallest absolute Gasteiger partial charge is 0.417 e. The molecular formula is C13H16F3NO2. The summed E-state index contributed by atoms with van der Waals surface area (Å²) in [5.74, 6) is -1.03. The first-order valence-corrected chi connectivity index (χ1v) is 5.66. The Bertz CT molecular complexity index is 502. The van der Waals surface area contributed by atoms with Crippen LogP contribution in [0.2, 0.25) is 0 Å². The maximum atomic E-state index is 13.1. The Kier molecular flexibility index (Phi) is 3.93. The van der Waals surface area contributed by atoms with Gasteiger partial charge in [-0.3, -0.25) is 4.98 Å². The molecule has 3 nitrogen and oxygen atoms in total. The monoisotopic (exact) mass is 275 g/mol. The molecule has 6 heteroatoms. The molecule has 0 fully saturated rings. The molecule has 0 amide bonds. The third-order valence-corrected chi connectivity index (χ3v) is 2.66. The van der Waals surface area contributed by atoms with Gasteiger partial charge in [-0.1, -0.05) is 20.8 Å². The number of carbonyl (C=O) groups excluding carboxylic acids is 1. The van der Waals surface area contributed by atoms with Gasteiger partial charge in [-0.05, 0) is 13.0 Å². The van der Waals surface area contributed by atoms with Gasteiger partial charge in [0.2, 0.25) is 0 Å². The van der Waals surface area contributed by atoms with Crippen molar-refractivity contribution >= 4 is 5.97 Å². The minimum absolute atomic E-state index is 0.0200. The topological polar surface area (TPSA) is 39.2 Å². The second kappa shape index (κ2) is 4.83. The summed E-state index contributed by atoms with van der Waals surface area (Å²) in [6.07, 6.45) is -4.63. The van der Waals surface area contributed by atoms with Crippen LogP contribution in [0.4, 0.5) is 13.2 Å². The van der Waals surface area contributed by atoms with E-state index >= 15 is 0 Å². The Hall–Kier alpha value is -1.59. The van der Waals surface area contributed by atoms with E-state index < -0.39 is 28.7 Å². The Labute approximate surface area is 109 Å². The molecule has 1 rings (SSSR count). The van der Waals surface area contributed by atoms with Crippen LogP contribution in [-0.4, -0.2) is 18.1 Å². The van der Waals surface area contributed by atoms with Gasteiger partial charge in [-0.15, -0.1) is 0 Å². The molecule has 0 bridgehead atoms. The largest absolute Gasteiger partial charge is 0.465 e. The lowest BCUT2D eigenvalue weighted by atomic mass is 9.89. The molecule has 0 aliphatic carbocycles. The number of rotatable bonds is 1. The second-order valence-electron chi connectivity index (χ2n) is 5.25. The van der Waals surface area contributed by atoms with E-state index in [1.54, 1.807) is 20.8 Å². The maximum absolute atomic E-state index is 13.1. The molecule has 0 radical (unpaired) electrons. The number of esters is 1. The van der Waals surface area contributed by atoms with E-state index in [2.05, 4.69) is 9.72 Å². The number of methoxy groups -OCH3 is 1. The molecule has 1 heterocycles. The van der Waals surface area contributed by atoms with Crippen LogP contribution in [0.15, 0.2) is 6.07 Å². The van der Waals surface area contributed by atoms with Crippen molar-refractivity contribution in [1.29, 1.82) is 0 Å². The molecule has 0 spiro atoms. The molecule has 19 heavy (non-hydrogen) atoms. The molecule has 0 unspecified atom stereocenters. The molecule has 0 aliphatic heterocycles. The minimum atomic E-state index is -4.63. The Morgan fingerprint density at radius 2 is 1.79 bits per heavy atom. The number of hydrogen-bond acceptors (Lipinski definition) is 3. The highest BCUT2D eigenvalue weighted by Crippen LogP contribution is 2.35. The fourth-order valence-electron chi connectivity index (χ4n) is 1.64. The third kappa shape index (κ3) is 3.24. The zero-order valence-electron chi connectivity index (χ0n) is 11.5. The van der Waals surface area contributed by atoms with E-state index in [9.17, 15) is 18.0 Å². The predicted molar refractivity (Wildman–Crippen MR) is 64.0 cm³/mol. The van der Waals surface area contributed by atoms with Crippen LogP contribution in [0.1, 0.15) is 48.1 Å². The SMILES string of the molecule is COC(=O)c1c(C(F)(F)F)cc(C(C)(C)C)nc1C. The summed E-state index contributed by atoms with van der Waals surface area (Å²) in [5, 5.41) is 0. The number of ether oxygens (including phenoxy) is 1. The summed E-state index contributed by atoms with van der Waals surface area (Å²) in [7, 11) is 1.04. The van der Waals surface area contributed by atoms with Gasteiger partial charge in [0.25, 0.3) is 0 Å². The predicted octanol–water partition coefficient (Wildman–Crippen LogP) is 3.49. The number of carbonyl (C=O) groups is 1. The summed E-state index contributed by atoms with van der Waals surface area (Å²) in [6, 6.07) is 0.916. The highest BCUT2D eigenvalue weighted by molar-refractivity contribution is 5.92. The molecule has 106 valence electrons. The summed E-state index contributed by atoms with van der Waals surface area (Å²) in [4.78, 5) is 15.6. The van der Waals surface area contributed by atoms with E-state index in [0.717, 1.165) is 13.2 Å². The molecule has 0 N–H and O–H groups in total. The van der Waals surface area contributed by atoms with Crippen LogP contribution in [-0.2, 0) is 16.3 Å². The quantitative estimate of drug-likeness (QED) is 0.736. The van der Waals surface area contributed by atoms with Gasteiger partial charge in [-0.25, -0.2) is 4.79 Å². The van der Waals surface area contributed by atoms with Crippen molar-refractivity contribution in [2.75, 3.05) is 7.11 Å². The minimum Gasteiger partial charge on any atom is -0.465 e. The lowest BCUT2D eigenvalue weighted by Gasteiger charge is -2.22. The highest BCUT2D eigenvalue weighted by atomic mass is 19.4. The van der Waals surface area contributed by atoms with Crippen LogP contribution in [0.5, 0.6) is 0 Å². The fraction of sp³-hybridized carbons (Fsp3) is 0.538. The van der Waals surface area contributed by atoms with Crippen molar-refractivity contribution in [2.24, 2.45) is 0 Å². The van der Waals surface area contributed by atoms with Gasteiger partial charge in [-0.2, -0.15) is 13.2 Å². The average molecular weight is 275 g/mol. The molecule has 1 aromatic heterocycles. The number of alkyl halides is 3. The van der Waals surface area contributed by atoms with E-state index in [-0.39, 0.29) is 11.4 Å². The van der Waals surface area contributed by atoms with Gasteiger partial charge in [0.05, 0.1) is 23.9 Å². The number of halogens is 3. The van der Waals surface area contributed by atoms with E-state index in [4.69, 9.17) is 0 Å². The Morgan fingerprint density at radius 3 is 2.16 bits per heavy atom. The zero-order valence-corrected chi connectivity index (χ0v) is 11.5. The van der Waals surface area contributed by atoms with E-state index in [0.29, 0.717) is 0 Å². The first-order valence-electron chi connectivity index (χ1n) is 5.66. The summed E-state index contributed by atoms with van der Waals surface area (Å²) in [5.41, 5.74) is -1.77. The first kappa shape index (κ1) is 15.5. The van der Waals surface area contributed by atoms with Gasteiger partial charge in [0.1, 0.15) is 0 Å². The van der Waals surface area contributed by atoms with Gasteiger partial charge < -0.3 is 4.74 Å². The van der Waals surface area contributed by atoms with Gasteiger partial charge >= 0.3 is 12.1 Å². The normalized spacial score (nSPS) is 12.4. The van der Waals surface area contributed by atoms with Crippen molar-refractivity contribution in [3.05, 3.63) is 28.6 Å². The Balaban J connectivity index is 3.62. The fourth-order valence-corrected chi connectivity index (χ4v) is 1.64. The number of aryl methyl sites for hydroxylation is 1. The summed E-state index contributed by atoms with van der Waals surface area (Å²) < 4.78 is 43.6. The first-order chi connectivity index (χ1) is 8.48. The summed E-state index contributed by atoms with van der Waals surface area (Å²) in [6.45, 7) is 6.64. The molecule has 0 atom stereocenters. The van der Waals surface area contributed by atoms with Crippen molar-refractivity contribution < 1.29 is 22.7 Å². The lowest BCUT2D eigenvalue weighted by molar-refractivity contribution is -0.138. The molecule has 0 saturated carbocycles. The number of hydrogen-bond donors (Lipinski definition) is 0. The highest BCUT2D eigenvalue weighted by Gasteiger charge is 2.38. The molecule has 0 aliphatic rings. The molecule has 0 aromatic carbocycles. The molecular weight excluding hydrogens is 259 g/mol. The van der Waals surface area contributed by atoms with E-state index in [1.807, 2.05) is 0 Å². The average Bonchev–Trinajstić information content (AvgIpc) is 2.24. The van der Waals surface area contributed by atoms with Crippen LogP contribution >= 0.6 is 0 Å². The standard InChI is InChI=1S/C13H16F3NO2/c1-7-10(11(18)19-5)8(13(14,15)16)6-9(17-7)12(2,3)4/h6H,1-5H3. The maximum Gasteiger partial charge on any atom is 0.417 e. The van der Waals surface area contributed by atoms with Crippen molar-refractivity contribution in [3.63, 3.8) is 0 Å². The van der Waals surface area contributed by atoms with E-state index in [1.165, 1.54) is 6.92 Å². The summed E-state index contributed by atoms with van der Waals surface area (Å²) >= 11 is 0. The van der Waals surface area contributed by atoms with Crippen LogP contribution in [0.25, 0.3) is 0 Å². The molecule has 0 saturated heterocycles. The third-order valence-electron chi connectivity index (χ3n) is 2.66. The lowest BCUT2D eigenvalue weighted by Crippen LogP contribution is -2.22. The van der Waals surface area contributed by atoms with Crippen LogP contribution < -0.4 is 0 Å². The van der Waals surface area contributed by atoms with Gasteiger partial charge in [0.15, 0.2) is 0 Å². The number of nitrogens with zero attached hydrogens (tertiary/aromatic N) is 1. The zero-order chi connectivity index (χ0) is 15.0. The van der Waals surface area contributed by atoms with Crippen molar-refractivity contribution in [1.82, 2.24) is 4.98 Å². The van der Waals surface area contributed by atoms with Crippen LogP contribution in [0.3, 0.4) is 0 Å². The van der Waals surface area contributed by atoms with Crippen LogP contribution in [0, 0.1) is 6.92 Å². The molecule has 1 aromatic rings. The Morgan fingerprint density at radius 1 is 1.26 bits per heavy atom.